The number of alkyl halides is 3. The molecule has 148 valence electrons. The Morgan fingerprint density at radius 3 is 2.32 bits per heavy atom. The molecule has 0 aromatic heterocycles. The molecule has 0 radical (unpaired) electrons. The minimum absolute atomic E-state index is 0.158. The number of carbonyl (C=O) groups is 1. The van der Waals surface area contributed by atoms with E-state index in [1.54, 1.807) is 35.2 Å². The molecule has 0 aliphatic carbocycles. The van der Waals surface area contributed by atoms with Gasteiger partial charge >= 0.3 is 6.18 Å². The van der Waals surface area contributed by atoms with Crippen LogP contribution in [0.3, 0.4) is 0 Å². The summed E-state index contributed by atoms with van der Waals surface area (Å²) in [5, 5.41) is 0.849. The molecular weight excluding hydrogens is 412 g/mol. The fraction of sp³-hybridized carbons (Fsp3) is 0.250. The normalized spacial score (nSPS) is 15.3. The van der Waals surface area contributed by atoms with Gasteiger partial charge < -0.3 is 9.80 Å². The molecule has 3 rings (SSSR count). The molecular formula is C20H17Cl2F3N2O. The van der Waals surface area contributed by atoms with Gasteiger partial charge in [0, 0.05) is 37.9 Å². The highest BCUT2D eigenvalue weighted by Crippen LogP contribution is 2.32. The van der Waals surface area contributed by atoms with Crippen molar-refractivity contribution in [2.75, 3.05) is 31.1 Å². The molecule has 1 saturated heterocycles. The summed E-state index contributed by atoms with van der Waals surface area (Å²) < 4.78 is 38.6. The van der Waals surface area contributed by atoms with E-state index in [0.29, 0.717) is 41.9 Å². The van der Waals surface area contributed by atoms with Crippen LogP contribution in [0.25, 0.3) is 6.08 Å². The zero-order valence-corrected chi connectivity index (χ0v) is 16.2. The zero-order chi connectivity index (χ0) is 20.3. The highest BCUT2D eigenvalue weighted by Gasteiger charge is 2.31. The second-order valence-corrected chi connectivity index (χ2v) is 7.18. The van der Waals surface area contributed by atoms with Crippen molar-refractivity contribution in [2.24, 2.45) is 0 Å². The number of halogens is 5. The van der Waals surface area contributed by atoms with E-state index in [1.165, 1.54) is 12.1 Å². The van der Waals surface area contributed by atoms with Crippen LogP contribution >= 0.6 is 23.2 Å². The molecule has 1 amide bonds. The maximum atomic E-state index is 12.9. The number of rotatable bonds is 3. The van der Waals surface area contributed by atoms with Gasteiger partial charge in [0.25, 0.3) is 0 Å². The molecule has 8 heteroatoms. The number of carbonyl (C=O) groups excluding carboxylic acids is 1. The number of nitrogens with zero attached hydrogens (tertiary/aromatic N) is 2. The molecule has 0 spiro atoms. The summed E-state index contributed by atoms with van der Waals surface area (Å²) in [5.41, 5.74) is 0.590. The van der Waals surface area contributed by atoms with Gasteiger partial charge in [0.2, 0.25) is 5.91 Å². The van der Waals surface area contributed by atoms with Gasteiger partial charge in [-0.1, -0.05) is 35.3 Å². The number of hydrogen-bond acceptors (Lipinski definition) is 2. The van der Waals surface area contributed by atoms with E-state index >= 15 is 0 Å². The monoisotopic (exact) mass is 428 g/mol. The largest absolute Gasteiger partial charge is 0.416 e. The number of piperazine rings is 1. The van der Waals surface area contributed by atoms with Crippen LogP contribution in [0.4, 0.5) is 18.9 Å². The molecule has 28 heavy (non-hydrogen) atoms. The van der Waals surface area contributed by atoms with Crippen molar-refractivity contribution in [1.29, 1.82) is 0 Å². The summed E-state index contributed by atoms with van der Waals surface area (Å²) in [5.74, 6) is -0.158. The third-order valence-corrected chi connectivity index (χ3v) is 5.23. The molecule has 0 atom stereocenters. The van der Waals surface area contributed by atoms with Crippen molar-refractivity contribution in [3.63, 3.8) is 0 Å². The number of benzene rings is 2. The van der Waals surface area contributed by atoms with E-state index in [4.69, 9.17) is 23.2 Å². The molecule has 1 aliphatic heterocycles. The molecule has 1 fully saturated rings. The van der Waals surface area contributed by atoms with Crippen LogP contribution in [-0.2, 0) is 11.0 Å². The molecule has 0 bridgehead atoms. The van der Waals surface area contributed by atoms with E-state index < -0.39 is 11.7 Å². The zero-order valence-electron chi connectivity index (χ0n) is 14.7. The van der Waals surface area contributed by atoms with Crippen LogP contribution in [0.15, 0.2) is 48.5 Å². The quantitative estimate of drug-likeness (QED) is 0.613. The summed E-state index contributed by atoms with van der Waals surface area (Å²) in [6, 6.07) is 10.3. The second-order valence-electron chi connectivity index (χ2n) is 6.37. The fourth-order valence-electron chi connectivity index (χ4n) is 2.95. The lowest BCUT2D eigenvalue weighted by Gasteiger charge is -2.35. The average Bonchev–Trinajstić information content (AvgIpc) is 2.68. The average molecular weight is 429 g/mol. The standard InChI is InChI=1S/C20H17Cl2F3N2O/c21-17-6-4-14(12-18(17)22)5-7-19(28)27-10-8-26(9-11-27)16-3-1-2-15(13-16)20(23,24)25/h1-7,12-13H,8-11H2/b7-5+. The number of anilines is 1. The Bertz CT molecular complexity index is 891. The molecule has 0 unspecified atom stereocenters. The first-order valence-corrected chi connectivity index (χ1v) is 9.34. The van der Waals surface area contributed by atoms with Crippen LogP contribution in [0.5, 0.6) is 0 Å². The van der Waals surface area contributed by atoms with Gasteiger partial charge in [0.1, 0.15) is 0 Å². The Kier molecular flexibility index (Phi) is 6.20. The minimum atomic E-state index is -4.37. The molecule has 1 heterocycles. The lowest BCUT2D eigenvalue weighted by atomic mass is 10.1. The van der Waals surface area contributed by atoms with Gasteiger partial charge in [-0.3, -0.25) is 4.79 Å². The lowest BCUT2D eigenvalue weighted by Crippen LogP contribution is -2.48. The van der Waals surface area contributed by atoms with Crippen LogP contribution in [0, 0.1) is 0 Å². The SMILES string of the molecule is O=C(/C=C/c1ccc(Cl)c(Cl)c1)N1CCN(c2cccc(C(F)(F)F)c2)CC1. The Morgan fingerprint density at radius 2 is 1.68 bits per heavy atom. The predicted octanol–water partition coefficient (Wildman–Crippen LogP) is 5.37. The van der Waals surface area contributed by atoms with Gasteiger partial charge in [-0.15, -0.1) is 0 Å². The molecule has 0 N–H and O–H groups in total. The van der Waals surface area contributed by atoms with Gasteiger partial charge in [0.05, 0.1) is 15.6 Å². The Morgan fingerprint density at radius 1 is 0.964 bits per heavy atom. The smallest absolute Gasteiger partial charge is 0.368 e. The van der Waals surface area contributed by atoms with E-state index in [2.05, 4.69) is 0 Å². The van der Waals surface area contributed by atoms with Crippen molar-refractivity contribution in [2.45, 2.75) is 6.18 Å². The first-order chi connectivity index (χ1) is 13.2. The molecule has 1 aliphatic rings. The molecule has 2 aromatic carbocycles. The van der Waals surface area contributed by atoms with Crippen LogP contribution in [0.1, 0.15) is 11.1 Å². The molecule has 0 saturated carbocycles. The van der Waals surface area contributed by atoms with Gasteiger partial charge in [-0.05, 0) is 42.0 Å². The highest BCUT2D eigenvalue weighted by molar-refractivity contribution is 6.42. The first kappa shape index (κ1) is 20.6. The van der Waals surface area contributed by atoms with E-state index in [1.807, 2.05) is 4.90 Å². The molecule has 2 aromatic rings. The summed E-state index contributed by atoms with van der Waals surface area (Å²) in [4.78, 5) is 15.9. The minimum Gasteiger partial charge on any atom is -0.368 e. The lowest BCUT2D eigenvalue weighted by molar-refractivity contribution is -0.137. The van der Waals surface area contributed by atoms with E-state index in [-0.39, 0.29) is 5.91 Å². The van der Waals surface area contributed by atoms with E-state index in [9.17, 15) is 18.0 Å². The highest BCUT2D eigenvalue weighted by atomic mass is 35.5. The maximum Gasteiger partial charge on any atom is 0.416 e. The summed E-state index contributed by atoms with van der Waals surface area (Å²) in [6.07, 6.45) is -1.26. The van der Waals surface area contributed by atoms with Crippen molar-refractivity contribution in [1.82, 2.24) is 4.90 Å². The topological polar surface area (TPSA) is 23.6 Å². The first-order valence-electron chi connectivity index (χ1n) is 8.58. The summed E-state index contributed by atoms with van der Waals surface area (Å²) in [7, 11) is 0. The maximum absolute atomic E-state index is 12.9. The third kappa shape index (κ3) is 5.00. The van der Waals surface area contributed by atoms with Crippen LogP contribution in [0.2, 0.25) is 10.0 Å². The fourth-order valence-corrected chi connectivity index (χ4v) is 3.26. The van der Waals surface area contributed by atoms with Crippen molar-refractivity contribution < 1.29 is 18.0 Å². The van der Waals surface area contributed by atoms with Gasteiger partial charge in [0.15, 0.2) is 0 Å². The molecule has 3 nitrogen and oxygen atoms in total. The van der Waals surface area contributed by atoms with Gasteiger partial charge in [-0.2, -0.15) is 13.2 Å². The number of hydrogen-bond donors (Lipinski definition) is 0. The van der Waals surface area contributed by atoms with Crippen LogP contribution in [-0.4, -0.2) is 37.0 Å². The van der Waals surface area contributed by atoms with Gasteiger partial charge in [-0.25, -0.2) is 0 Å². The van der Waals surface area contributed by atoms with Crippen molar-refractivity contribution in [3.8, 4) is 0 Å². The van der Waals surface area contributed by atoms with Crippen LogP contribution < -0.4 is 4.90 Å². The van der Waals surface area contributed by atoms with E-state index in [0.717, 1.165) is 17.7 Å². The summed E-state index contributed by atoms with van der Waals surface area (Å²) in [6.45, 7) is 1.79. The Hall–Kier alpha value is -2.18. The van der Waals surface area contributed by atoms with Crippen molar-refractivity contribution >= 4 is 40.9 Å². The second kappa shape index (κ2) is 8.45. The Labute approximate surface area is 170 Å². The Balaban J connectivity index is 1.60. The third-order valence-electron chi connectivity index (χ3n) is 4.49. The number of amides is 1. The van der Waals surface area contributed by atoms with Crippen molar-refractivity contribution in [3.05, 3.63) is 69.7 Å². The predicted molar refractivity (Wildman–Crippen MR) is 106 cm³/mol. The summed E-state index contributed by atoms with van der Waals surface area (Å²) >= 11 is 11.8.